The zero-order valence-corrected chi connectivity index (χ0v) is 15.9. The minimum Gasteiger partial charge on any atom is -0.504 e. The molecule has 0 saturated heterocycles. The molecule has 4 aliphatic carbocycles. The predicted molar refractivity (Wildman–Crippen MR) is 100 cm³/mol. The highest BCUT2D eigenvalue weighted by atomic mass is 16.5. The largest absolute Gasteiger partial charge is 0.504 e. The van der Waals surface area contributed by atoms with Gasteiger partial charge in [0.2, 0.25) is 0 Å². The van der Waals surface area contributed by atoms with Gasteiger partial charge in [0, 0.05) is 18.5 Å². The molecular formula is C22H31NO3. The standard InChI is InChI=1S/C22H31NO3/c1-23(2)12-19-16-3-4-18(24)21(25)17(16)8-20(26-19)22-9-13-5-14(10-22)7-15(6-13)11-22/h3-4,13-15,19-20,24-25H,5-12H2,1-2H3. The maximum atomic E-state index is 10.6. The van der Waals surface area contributed by atoms with Crippen LogP contribution in [0.2, 0.25) is 0 Å². The lowest BCUT2D eigenvalue weighted by Crippen LogP contribution is -2.54. The molecule has 2 unspecified atom stereocenters. The molecule has 4 bridgehead atoms. The van der Waals surface area contributed by atoms with Crippen molar-refractivity contribution < 1.29 is 14.9 Å². The van der Waals surface area contributed by atoms with Crippen molar-refractivity contribution in [2.45, 2.75) is 57.2 Å². The zero-order chi connectivity index (χ0) is 18.1. The molecule has 1 aliphatic heterocycles. The van der Waals surface area contributed by atoms with Crippen LogP contribution in [0.15, 0.2) is 12.1 Å². The molecule has 2 N–H and O–H groups in total. The van der Waals surface area contributed by atoms with Gasteiger partial charge in [-0.25, -0.2) is 0 Å². The first kappa shape index (κ1) is 16.9. The van der Waals surface area contributed by atoms with Gasteiger partial charge < -0.3 is 19.8 Å². The van der Waals surface area contributed by atoms with Crippen LogP contribution in [-0.4, -0.2) is 41.9 Å². The number of benzene rings is 1. The number of phenolic OH excluding ortho intramolecular Hbond substituents is 2. The summed E-state index contributed by atoms with van der Waals surface area (Å²) in [5.41, 5.74) is 2.26. The van der Waals surface area contributed by atoms with E-state index in [1.807, 2.05) is 6.07 Å². The Labute approximate surface area is 156 Å². The Kier molecular flexibility index (Phi) is 3.81. The summed E-state index contributed by atoms with van der Waals surface area (Å²) >= 11 is 0. The molecule has 1 aromatic carbocycles. The summed E-state index contributed by atoms with van der Waals surface area (Å²) in [7, 11) is 4.13. The SMILES string of the molecule is CN(C)CC1OC(C23CC4CC(CC(C4)C2)C3)Cc2c1ccc(O)c2O. The van der Waals surface area contributed by atoms with Crippen LogP contribution in [0.5, 0.6) is 11.5 Å². The van der Waals surface area contributed by atoms with E-state index in [-0.39, 0.29) is 29.1 Å². The highest BCUT2D eigenvalue weighted by Gasteiger charge is 2.55. The fraction of sp³-hybridized carbons (Fsp3) is 0.727. The van der Waals surface area contributed by atoms with Gasteiger partial charge in [0.05, 0.1) is 12.2 Å². The summed E-state index contributed by atoms with van der Waals surface area (Å²) in [6, 6.07) is 3.54. The summed E-state index contributed by atoms with van der Waals surface area (Å²) in [5, 5.41) is 20.6. The normalized spacial score (nSPS) is 40.8. The Bertz CT molecular complexity index is 678. The van der Waals surface area contributed by atoms with Crippen molar-refractivity contribution in [2.75, 3.05) is 20.6 Å². The predicted octanol–water partition coefficient (Wildman–Crippen LogP) is 3.86. The maximum absolute atomic E-state index is 10.6. The van der Waals surface area contributed by atoms with E-state index >= 15 is 0 Å². The second-order valence-corrected chi connectivity index (χ2v) is 9.86. The number of phenols is 2. The molecule has 0 spiro atoms. The van der Waals surface area contributed by atoms with Crippen molar-refractivity contribution in [3.8, 4) is 11.5 Å². The number of hydrogen-bond acceptors (Lipinski definition) is 4. The van der Waals surface area contributed by atoms with Crippen molar-refractivity contribution in [1.29, 1.82) is 0 Å². The molecule has 26 heavy (non-hydrogen) atoms. The van der Waals surface area contributed by atoms with Crippen molar-refractivity contribution in [1.82, 2.24) is 4.90 Å². The summed E-state index contributed by atoms with van der Waals surface area (Å²) in [5.74, 6) is 2.73. The fourth-order valence-electron chi connectivity index (χ4n) is 7.07. The number of likely N-dealkylation sites (N-methyl/N-ethyl adjacent to an activating group) is 1. The Hall–Kier alpha value is -1.26. The second kappa shape index (κ2) is 5.87. The molecule has 142 valence electrons. The van der Waals surface area contributed by atoms with Crippen molar-refractivity contribution in [3.63, 3.8) is 0 Å². The minimum atomic E-state index is -0.0294. The molecular weight excluding hydrogens is 326 g/mol. The first-order valence-corrected chi connectivity index (χ1v) is 10.3. The van der Waals surface area contributed by atoms with Gasteiger partial charge in [-0.2, -0.15) is 0 Å². The van der Waals surface area contributed by atoms with Crippen molar-refractivity contribution in [3.05, 3.63) is 23.3 Å². The third kappa shape index (κ3) is 2.56. The number of nitrogens with zero attached hydrogens (tertiary/aromatic N) is 1. The molecule has 4 heteroatoms. The molecule has 4 nitrogen and oxygen atoms in total. The number of ether oxygens (including phenoxy) is 1. The van der Waals surface area contributed by atoms with Gasteiger partial charge in [0.1, 0.15) is 0 Å². The Morgan fingerprint density at radius 1 is 1.04 bits per heavy atom. The molecule has 2 atom stereocenters. The minimum absolute atomic E-state index is 0.00137. The Morgan fingerprint density at radius 3 is 2.23 bits per heavy atom. The van der Waals surface area contributed by atoms with Gasteiger partial charge >= 0.3 is 0 Å². The zero-order valence-electron chi connectivity index (χ0n) is 15.9. The van der Waals surface area contributed by atoms with E-state index in [4.69, 9.17) is 4.74 Å². The van der Waals surface area contributed by atoms with Crippen LogP contribution in [-0.2, 0) is 11.2 Å². The second-order valence-electron chi connectivity index (χ2n) is 9.86. The van der Waals surface area contributed by atoms with Crippen LogP contribution in [0, 0.1) is 23.2 Å². The maximum Gasteiger partial charge on any atom is 0.161 e. The lowest BCUT2D eigenvalue weighted by molar-refractivity contribution is -0.169. The van der Waals surface area contributed by atoms with Gasteiger partial charge in [-0.1, -0.05) is 6.07 Å². The van der Waals surface area contributed by atoms with E-state index in [2.05, 4.69) is 19.0 Å². The first-order valence-electron chi connectivity index (χ1n) is 10.3. The highest BCUT2D eigenvalue weighted by Crippen LogP contribution is 2.63. The van der Waals surface area contributed by atoms with Gasteiger partial charge in [-0.3, -0.25) is 0 Å². The molecule has 0 radical (unpaired) electrons. The van der Waals surface area contributed by atoms with Crippen LogP contribution in [0.25, 0.3) is 0 Å². The van der Waals surface area contributed by atoms with Crippen LogP contribution < -0.4 is 0 Å². The highest BCUT2D eigenvalue weighted by molar-refractivity contribution is 5.51. The van der Waals surface area contributed by atoms with E-state index in [1.54, 1.807) is 6.07 Å². The molecule has 1 heterocycles. The van der Waals surface area contributed by atoms with Crippen molar-refractivity contribution >= 4 is 0 Å². The third-order valence-electron chi connectivity index (χ3n) is 7.66. The number of aromatic hydroxyl groups is 2. The van der Waals surface area contributed by atoms with E-state index in [9.17, 15) is 10.2 Å². The first-order chi connectivity index (χ1) is 12.4. The Balaban J connectivity index is 1.52. The number of hydrogen-bond donors (Lipinski definition) is 2. The van der Waals surface area contributed by atoms with E-state index in [1.165, 1.54) is 38.5 Å². The lowest BCUT2D eigenvalue weighted by Gasteiger charge is -2.60. The average Bonchev–Trinajstić information content (AvgIpc) is 2.56. The molecule has 0 amide bonds. The quantitative estimate of drug-likeness (QED) is 0.807. The van der Waals surface area contributed by atoms with Crippen LogP contribution >= 0.6 is 0 Å². The smallest absolute Gasteiger partial charge is 0.161 e. The summed E-state index contributed by atoms with van der Waals surface area (Å²) in [6.07, 6.45) is 9.06. The summed E-state index contributed by atoms with van der Waals surface area (Å²) in [4.78, 5) is 2.15. The Morgan fingerprint density at radius 2 is 1.65 bits per heavy atom. The number of fused-ring (bicyclic) bond motifs is 1. The van der Waals surface area contributed by atoms with Crippen molar-refractivity contribution in [2.24, 2.45) is 23.2 Å². The van der Waals surface area contributed by atoms with Gasteiger partial charge in [-0.05, 0) is 87.4 Å². The molecule has 4 fully saturated rings. The molecule has 0 aromatic heterocycles. The lowest BCUT2D eigenvalue weighted by atomic mass is 9.47. The number of rotatable bonds is 3. The van der Waals surface area contributed by atoms with Gasteiger partial charge in [-0.15, -0.1) is 0 Å². The molecule has 4 saturated carbocycles. The van der Waals surface area contributed by atoms with Crippen LogP contribution in [0.1, 0.15) is 55.8 Å². The van der Waals surface area contributed by atoms with Gasteiger partial charge in [0.25, 0.3) is 0 Å². The van der Waals surface area contributed by atoms with E-state index in [0.717, 1.165) is 41.8 Å². The molecule has 5 aliphatic rings. The monoisotopic (exact) mass is 357 g/mol. The van der Waals surface area contributed by atoms with E-state index < -0.39 is 0 Å². The molecule has 6 rings (SSSR count). The topological polar surface area (TPSA) is 52.9 Å². The third-order valence-corrected chi connectivity index (χ3v) is 7.66. The van der Waals surface area contributed by atoms with Crippen LogP contribution in [0.4, 0.5) is 0 Å². The van der Waals surface area contributed by atoms with E-state index in [0.29, 0.717) is 0 Å². The fourth-order valence-corrected chi connectivity index (χ4v) is 7.07. The summed E-state index contributed by atoms with van der Waals surface area (Å²) < 4.78 is 6.77. The average molecular weight is 357 g/mol. The van der Waals surface area contributed by atoms with Gasteiger partial charge in [0.15, 0.2) is 11.5 Å². The molecule has 1 aromatic rings. The summed E-state index contributed by atoms with van der Waals surface area (Å²) in [6.45, 7) is 0.806. The van der Waals surface area contributed by atoms with Crippen LogP contribution in [0.3, 0.4) is 0 Å².